The molecule has 4 heterocycles. The van der Waals surface area contributed by atoms with E-state index in [1.54, 1.807) is 0 Å². The fourth-order valence-electron chi connectivity index (χ4n) is 3.58. The summed E-state index contributed by atoms with van der Waals surface area (Å²) < 4.78 is 1.96. The van der Waals surface area contributed by atoms with E-state index in [4.69, 9.17) is 22.2 Å². The van der Waals surface area contributed by atoms with Crippen LogP contribution in [0.15, 0.2) is 59.7 Å². The number of fused-ring (bicyclic) bond motifs is 1. The molecule has 1 fully saturated rings. The molecule has 0 aromatic carbocycles. The molecule has 4 rings (SSSR count). The predicted octanol–water partition coefficient (Wildman–Crippen LogP) is 1.01. The van der Waals surface area contributed by atoms with Crippen molar-refractivity contribution in [1.29, 1.82) is 0 Å². The van der Waals surface area contributed by atoms with Gasteiger partial charge in [-0.1, -0.05) is 46.8 Å². The topological polar surface area (TPSA) is 151 Å². The lowest BCUT2D eigenvalue weighted by atomic mass is 10.0. The van der Waals surface area contributed by atoms with Crippen molar-refractivity contribution < 1.29 is 28.9 Å². The van der Waals surface area contributed by atoms with Gasteiger partial charge in [0.2, 0.25) is 0 Å². The standard InChI is InChI=1S/C21H19ClN6O5S2/c1-2-8-33-26-13(12-16(22)35-21(23)25-12)17(29)24-14-18(30)28-15(20(31)32)11(10-34-19(14)28)9-27-6-4-3-5-7-27/h2-7,14,19H,1,8-10H2,(H3-,23,24,25,29,31,32)/p+1/t14?,19-/m0/s1. The number of pyridine rings is 1. The van der Waals surface area contributed by atoms with E-state index in [0.29, 0.717) is 17.9 Å². The fraction of sp³-hybridized carbons (Fsp3) is 0.238. The number of amides is 2. The summed E-state index contributed by atoms with van der Waals surface area (Å²) in [5.41, 5.74) is 5.97. The molecule has 11 nitrogen and oxygen atoms in total. The largest absolute Gasteiger partial charge is 0.477 e. The second-order valence-electron chi connectivity index (χ2n) is 7.36. The number of halogens is 1. The third kappa shape index (κ3) is 5.01. The summed E-state index contributed by atoms with van der Waals surface area (Å²) in [4.78, 5) is 48.4. The van der Waals surface area contributed by atoms with Crippen LogP contribution in [0, 0.1) is 0 Å². The highest BCUT2D eigenvalue weighted by Gasteiger charge is 2.54. The number of hydrogen-bond donors (Lipinski definition) is 3. The highest BCUT2D eigenvalue weighted by Crippen LogP contribution is 2.40. The second kappa shape index (κ2) is 10.5. The van der Waals surface area contributed by atoms with Crippen LogP contribution in [-0.2, 0) is 25.8 Å². The molecule has 0 saturated carbocycles. The number of carboxylic acid groups (broad SMARTS) is 1. The molecule has 35 heavy (non-hydrogen) atoms. The van der Waals surface area contributed by atoms with Gasteiger partial charge in [-0.2, -0.15) is 0 Å². The first-order chi connectivity index (χ1) is 16.8. The molecule has 2 aromatic rings. The number of β-lactam (4-membered cyclic amide) rings is 1. The molecule has 182 valence electrons. The molecule has 2 aromatic heterocycles. The predicted molar refractivity (Wildman–Crippen MR) is 131 cm³/mol. The highest BCUT2D eigenvalue weighted by molar-refractivity contribution is 8.00. The van der Waals surface area contributed by atoms with E-state index in [9.17, 15) is 19.5 Å². The zero-order valence-corrected chi connectivity index (χ0v) is 20.5. The number of nitrogens with one attached hydrogen (secondary N) is 1. The number of anilines is 1. The van der Waals surface area contributed by atoms with Crippen LogP contribution in [0.25, 0.3) is 0 Å². The number of thioether (sulfide) groups is 1. The van der Waals surface area contributed by atoms with E-state index < -0.39 is 29.2 Å². The van der Waals surface area contributed by atoms with Crippen molar-refractivity contribution in [3.63, 3.8) is 0 Å². The van der Waals surface area contributed by atoms with Crippen LogP contribution < -0.4 is 15.6 Å². The van der Waals surface area contributed by atoms with Crippen LogP contribution >= 0.6 is 34.7 Å². The van der Waals surface area contributed by atoms with Gasteiger partial charge in [0, 0.05) is 23.5 Å². The molecule has 2 aliphatic rings. The quantitative estimate of drug-likeness (QED) is 0.107. The van der Waals surface area contributed by atoms with Gasteiger partial charge >= 0.3 is 5.97 Å². The molecule has 4 N–H and O–H groups in total. The Morgan fingerprint density at radius 2 is 2.17 bits per heavy atom. The number of rotatable bonds is 9. The van der Waals surface area contributed by atoms with Gasteiger partial charge in [0.15, 0.2) is 29.8 Å². The Balaban J connectivity index is 1.55. The van der Waals surface area contributed by atoms with Gasteiger partial charge in [0.1, 0.15) is 33.7 Å². The normalized spacial score (nSPS) is 19.6. The Bertz CT molecular complexity index is 1250. The molecule has 0 radical (unpaired) electrons. The van der Waals surface area contributed by atoms with Crippen molar-refractivity contribution >= 4 is 63.3 Å². The Morgan fingerprint density at radius 3 is 2.80 bits per heavy atom. The third-order valence-electron chi connectivity index (χ3n) is 5.08. The first-order valence-corrected chi connectivity index (χ1v) is 12.4. The van der Waals surface area contributed by atoms with Gasteiger partial charge in [0.25, 0.3) is 11.8 Å². The summed E-state index contributed by atoms with van der Waals surface area (Å²) in [5, 5.41) is 15.8. The van der Waals surface area contributed by atoms with E-state index in [1.165, 1.54) is 22.7 Å². The van der Waals surface area contributed by atoms with Crippen LogP contribution in [0.4, 0.5) is 5.13 Å². The number of hydrogen-bond acceptors (Lipinski definition) is 9. The molecule has 2 aliphatic heterocycles. The number of nitrogens with zero attached hydrogens (tertiary/aromatic N) is 4. The molecular formula is C21H20ClN6O5S2+. The van der Waals surface area contributed by atoms with Crippen LogP contribution in [0.1, 0.15) is 5.69 Å². The van der Waals surface area contributed by atoms with Crippen molar-refractivity contribution in [2.24, 2.45) is 5.16 Å². The maximum absolute atomic E-state index is 13.0. The number of thiazole rings is 1. The summed E-state index contributed by atoms with van der Waals surface area (Å²) in [7, 11) is 0. The van der Waals surface area contributed by atoms with Crippen LogP contribution in [0.3, 0.4) is 0 Å². The van der Waals surface area contributed by atoms with Gasteiger partial charge < -0.3 is 21.0 Å². The molecular weight excluding hydrogens is 516 g/mol. The number of carbonyl (C=O) groups excluding carboxylic acids is 2. The van der Waals surface area contributed by atoms with Gasteiger partial charge in [0.05, 0.1) is 0 Å². The third-order valence-corrected chi connectivity index (χ3v) is 7.50. The van der Waals surface area contributed by atoms with Crippen LogP contribution in [0.2, 0.25) is 4.34 Å². The summed E-state index contributed by atoms with van der Waals surface area (Å²) >= 11 is 8.47. The lowest BCUT2D eigenvalue weighted by Crippen LogP contribution is -2.71. The van der Waals surface area contributed by atoms with E-state index in [2.05, 4.69) is 22.0 Å². The monoisotopic (exact) mass is 535 g/mol. The zero-order valence-electron chi connectivity index (χ0n) is 18.1. The maximum atomic E-state index is 13.0. The van der Waals surface area contributed by atoms with E-state index in [1.807, 2.05) is 35.2 Å². The van der Waals surface area contributed by atoms with Gasteiger partial charge in [-0.05, 0) is 0 Å². The van der Waals surface area contributed by atoms with Crippen LogP contribution in [0.5, 0.6) is 0 Å². The molecule has 1 saturated heterocycles. The lowest BCUT2D eigenvalue weighted by Gasteiger charge is -2.49. The average molecular weight is 536 g/mol. The molecule has 2 amide bonds. The number of carbonyl (C=O) groups is 3. The summed E-state index contributed by atoms with van der Waals surface area (Å²) in [5.74, 6) is -2.13. The fourth-order valence-corrected chi connectivity index (χ4v) is 5.85. The Hall–Kier alpha value is -3.42. The smallest absolute Gasteiger partial charge is 0.352 e. The molecule has 14 heteroatoms. The maximum Gasteiger partial charge on any atom is 0.352 e. The van der Waals surface area contributed by atoms with Gasteiger partial charge in [-0.25, -0.2) is 14.3 Å². The summed E-state index contributed by atoms with van der Waals surface area (Å²) in [6.07, 6.45) is 5.07. The van der Waals surface area contributed by atoms with Gasteiger partial charge in [-0.15, -0.1) is 11.8 Å². The number of nitrogens with two attached hydrogens (primary N) is 1. The molecule has 0 aliphatic carbocycles. The van der Waals surface area contributed by atoms with E-state index in [0.717, 1.165) is 11.3 Å². The Labute approximate surface area is 212 Å². The number of nitrogen functional groups attached to an aromatic ring is 1. The van der Waals surface area contributed by atoms with Crippen molar-refractivity contribution in [2.45, 2.75) is 18.0 Å². The van der Waals surface area contributed by atoms with E-state index >= 15 is 0 Å². The van der Waals surface area contributed by atoms with Crippen molar-refractivity contribution in [3.8, 4) is 0 Å². The first kappa shape index (κ1) is 24.7. The second-order valence-corrected chi connectivity index (χ2v) is 10.1. The molecule has 0 bridgehead atoms. The minimum absolute atomic E-state index is 0.0175. The van der Waals surface area contributed by atoms with Crippen molar-refractivity contribution in [3.05, 3.63) is 64.5 Å². The highest BCUT2D eigenvalue weighted by atomic mass is 35.5. The Kier molecular flexibility index (Phi) is 7.38. The average Bonchev–Trinajstić information content (AvgIpc) is 3.17. The zero-order chi connectivity index (χ0) is 25.1. The SMILES string of the molecule is C=CCON=C(C(=O)NC1C(=O)N2C(C(=O)O)=C(C[n+]3ccccc3)CS[C@@H]12)c1nc(N)sc1Cl. The number of carboxylic acids is 1. The molecule has 2 atom stereocenters. The minimum atomic E-state index is -1.20. The number of aromatic nitrogens is 2. The van der Waals surface area contributed by atoms with Crippen molar-refractivity contribution in [1.82, 2.24) is 15.2 Å². The number of oxime groups is 1. The lowest BCUT2D eigenvalue weighted by molar-refractivity contribution is -0.689. The molecule has 0 spiro atoms. The van der Waals surface area contributed by atoms with Gasteiger partial charge in [-0.3, -0.25) is 14.5 Å². The first-order valence-electron chi connectivity index (χ1n) is 10.2. The summed E-state index contributed by atoms with van der Waals surface area (Å²) in [6, 6.07) is 4.56. The molecule has 1 unspecified atom stereocenters. The van der Waals surface area contributed by atoms with Crippen molar-refractivity contribution in [2.75, 3.05) is 18.1 Å². The Morgan fingerprint density at radius 1 is 1.43 bits per heavy atom. The number of aliphatic carboxylic acids is 1. The minimum Gasteiger partial charge on any atom is -0.477 e. The summed E-state index contributed by atoms with van der Waals surface area (Å²) in [6.45, 7) is 3.86. The van der Waals surface area contributed by atoms with E-state index in [-0.39, 0.29) is 33.2 Å². The van der Waals surface area contributed by atoms with Crippen LogP contribution in [-0.4, -0.2) is 62.3 Å².